The normalized spacial score (nSPS) is 12.9. The van der Waals surface area contributed by atoms with Crippen LogP contribution in [0.2, 0.25) is 0 Å². The van der Waals surface area contributed by atoms with Gasteiger partial charge in [0, 0.05) is 18.8 Å². The van der Waals surface area contributed by atoms with Gasteiger partial charge in [-0.3, -0.25) is 9.78 Å². The predicted octanol–water partition coefficient (Wildman–Crippen LogP) is 2.02. The molecule has 0 radical (unpaired) electrons. The van der Waals surface area contributed by atoms with E-state index in [4.69, 9.17) is 5.73 Å². The first-order valence-electron chi connectivity index (χ1n) is 6.08. The molecule has 0 aromatic carbocycles. The van der Waals surface area contributed by atoms with Crippen LogP contribution in [0.4, 0.5) is 11.5 Å². The first kappa shape index (κ1) is 12.5. The summed E-state index contributed by atoms with van der Waals surface area (Å²) in [6.07, 6.45) is 3.67. The molecule has 0 saturated carbocycles. The molecule has 2 heterocycles. The smallest absolute Gasteiger partial charge is 0.148 e. The molecule has 0 fully saturated rings. The third-order valence-electron chi connectivity index (χ3n) is 3.03. The number of aromatic amines is 1. The van der Waals surface area contributed by atoms with E-state index in [1.807, 2.05) is 13.2 Å². The molecule has 1 unspecified atom stereocenters. The van der Waals surface area contributed by atoms with Gasteiger partial charge in [0.1, 0.15) is 5.82 Å². The molecule has 0 spiro atoms. The Bertz CT molecular complexity index is 511. The van der Waals surface area contributed by atoms with Crippen LogP contribution in [-0.4, -0.2) is 20.0 Å². The molecule has 0 aliphatic heterocycles. The molecule has 6 nitrogen and oxygen atoms in total. The van der Waals surface area contributed by atoms with E-state index < -0.39 is 0 Å². The number of rotatable bonds is 4. The summed E-state index contributed by atoms with van der Waals surface area (Å²) >= 11 is 0. The fourth-order valence-electron chi connectivity index (χ4n) is 1.94. The highest BCUT2D eigenvalue weighted by Gasteiger charge is 2.17. The zero-order valence-electron chi connectivity index (χ0n) is 11.2. The van der Waals surface area contributed by atoms with Crippen molar-refractivity contribution in [2.75, 3.05) is 11.1 Å². The fourth-order valence-corrected chi connectivity index (χ4v) is 1.94. The predicted molar refractivity (Wildman–Crippen MR) is 72.3 cm³/mol. The van der Waals surface area contributed by atoms with Gasteiger partial charge in [-0.2, -0.15) is 10.2 Å². The molecule has 2 aromatic heterocycles. The van der Waals surface area contributed by atoms with Gasteiger partial charge in [0.2, 0.25) is 0 Å². The Morgan fingerprint density at radius 3 is 2.61 bits per heavy atom. The summed E-state index contributed by atoms with van der Waals surface area (Å²) in [6, 6.07) is 0.126. The minimum Gasteiger partial charge on any atom is -0.394 e. The lowest BCUT2D eigenvalue weighted by Crippen LogP contribution is -2.10. The molecule has 6 heteroatoms. The molecule has 2 aromatic rings. The summed E-state index contributed by atoms with van der Waals surface area (Å²) in [6.45, 7) is 6.23. The molecule has 98 valence electrons. The summed E-state index contributed by atoms with van der Waals surface area (Å²) in [5, 5.41) is 14.6. The van der Waals surface area contributed by atoms with E-state index >= 15 is 0 Å². The highest BCUT2D eigenvalue weighted by molar-refractivity contribution is 5.66. The van der Waals surface area contributed by atoms with E-state index in [1.54, 1.807) is 10.9 Å². The standard InChI is InChI=1S/C12H20N6/c1-7(2)11-10(13)12(18(4)17-11)16-8(3)9-5-14-15-6-9/h5-8,16H,13H2,1-4H3,(H,14,15). The lowest BCUT2D eigenvalue weighted by Gasteiger charge is -2.14. The average molecular weight is 248 g/mol. The van der Waals surface area contributed by atoms with Crippen LogP contribution in [0.1, 0.15) is 44.0 Å². The van der Waals surface area contributed by atoms with Crippen LogP contribution in [0, 0.1) is 0 Å². The second-order valence-electron chi connectivity index (χ2n) is 4.82. The summed E-state index contributed by atoms with van der Waals surface area (Å²) in [7, 11) is 1.90. The number of hydrogen-bond acceptors (Lipinski definition) is 4. The Balaban J connectivity index is 2.24. The summed E-state index contributed by atoms with van der Waals surface area (Å²) < 4.78 is 1.79. The lowest BCUT2D eigenvalue weighted by molar-refractivity contribution is 0.708. The van der Waals surface area contributed by atoms with Crippen molar-refractivity contribution in [3.05, 3.63) is 23.7 Å². The zero-order valence-corrected chi connectivity index (χ0v) is 11.2. The molecular weight excluding hydrogens is 228 g/mol. The highest BCUT2D eigenvalue weighted by Crippen LogP contribution is 2.30. The van der Waals surface area contributed by atoms with Crippen LogP contribution >= 0.6 is 0 Å². The van der Waals surface area contributed by atoms with Crippen molar-refractivity contribution in [1.82, 2.24) is 20.0 Å². The number of aromatic nitrogens is 4. The molecule has 0 amide bonds. The van der Waals surface area contributed by atoms with Crippen molar-refractivity contribution in [3.8, 4) is 0 Å². The Kier molecular flexibility index (Phi) is 3.27. The molecule has 0 aliphatic rings. The van der Waals surface area contributed by atoms with Crippen molar-refractivity contribution in [3.63, 3.8) is 0 Å². The van der Waals surface area contributed by atoms with Gasteiger partial charge in [0.15, 0.2) is 0 Å². The van der Waals surface area contributed by atoms with Gasteiger partial charge in [-0.15, -0.1) is 0 Å². The van der Waals surface area contributed by atoms with Crippen LogP contribution in [0.3, 0.4) is 0 Å². The molecule has 18 heavy (non-hydrogen) atoms. The Morgan fingerprint density at radius 2 is 2.11 bits per heavy atom. The van der Waals surface area contributed by atoms with Crippen molar-refractivity contribution >= 4 is 11.5 Å². The zero-order chi connectivity index (χ0) is 13.3. The van der Waals surface area contributed by atoms with Crippen LogP contribution in [0.5, 0.6) is 0 Å². The van der Waals surface area contributed by atoms with E-state index in [1.165, 1.54) is 0 Å². The number of aryl methyl sites for hydroxylation is 1. The van der Waals surface area contributed by atoms with Gasteiger partial charge >= 0.3 is 0 Å². The van der Waals surface area contributed by atoms with Crippen molar-refractivity contribution < 1.29 is 0 Å². The molecule has 2 rings (SSSR count). The SMILES string of the molecule is CC(C)c1nn(C)c(NC(C)c2cn[nH]c2)c1N. The van der Waals surface area contributed by atoms with Crippen LogP contribution in [-0.2, 0) is 7.05 Å². The summed E-state index contributed by atoms with van der Waals surface area (Å²) in [5.41, 5.74) is 8.88. The van der Waals surface area contributed by atoms with Crippen LogP contribution in [0.25, 0.3) is 0 Å². The Labute approximate surface area is 107 Å². The van der Waals surface area contributed by atoms with Crippen LogP contribution in [0.15, 0.2) is 12.4 Å². The largest absolute Gasteiger partial charge is 0.394 e. The maximum absolute atomic E-state index is 6.14. The monoisotopic (exact) mass is 248 g/mol. The van der Waals surface area contributed by atoms with Gasteiger partial charge in [-0.05, 0) is 12.8 Å². The minimum absolute atomic E-state index is 0.126. The van der Waals surface area contributed by atoms with Crippen molar-refractivity contribution in [2.24, 2.45) is 7.05 Å². The molecule has 0 bridgehead atoms. The van der Waals surface area contributed by atoms with E-state index in [0.717, 1.165) is 22.8 Å². The number of H-pyrrole nitrogens is 1. The topological polar surface area (TPSA) is 84.5 Å². The lowest BCUT2D eigenvalue weighted by atomic mass is 10.1. The van der Waals surface area contributed by atoms with Gasteiger partial charge in [-0.25, -0.2) is 0 Å². The second-order valence-corrected chi connectivity index (χ2v) is 4.82. The van der Waals surface area contributed by atoms with Crippen molar-refractivity contribution in [2.45, 2.75) is 32.7 Å². The third-order valence-corrected chi connectivity index (χ3v) is 3.03. The van der Waals surface area contributed by atoms with Crippen molar-refractivity contribution in [1.29, 1.82) is 0 Å². The quantitative estimate of drug-likeness (QED) is 0.772. The first-order valence-corrected chi connectivity index (χ1v) is 6.08. The number of nitrogen functional groups attached to an aromatic ring is 1. The van der Waals surface area contributed by atoms with E-state index in [0.29, 0.717) is 5.92 Å². The van der Waals surface area contributed by atoms with Gasteiger partial charge < -0.3 is 11.1 Å². The number of nitrogens with zero attached hydrogens (tertiary/aromatic N) is 3. The average Bonchev–Trinajstić information content (AvgIpc) is 2.92. The molecule has 1 atom stereocenters. The molecule has 4 N–H and O–H groups in total. The van der Waals surface area contributed by atoms with E-state index in [2.05, 4.69) is 41.4 Å². The molecule has 0 saturated heterocycles. The Morgan fingerprint density at radius 1 is 1.39 bits per heavy atom. The third kappa shape index (κ3) is 2.18. The van der Waals surface area contributed by atoms with Gasteiger partial charge in [-0.1, -0.05) is 13.8 Å². The number of nitrogens with two attached hydrogens (primary N) is 1. The van der Waals surface area contributed by atoms with E-state index in [-0.39, 0.29) is 6.04 Å². The minimum atomic E-state index is 0.126. The second kappa shape index (κ2) is 4.72. The number of nitrogens with one attached hydrogen (secondary N) is 2. The molecular formula is C12H20N6. The number of anilines is 2. The maximum Gasteiger partial charge on any atom is 0.148 e. The van der Waals surface area contributed by atoms with Gasteiger partial charge in [0.05, 0.1) is 23.6 Å². The maximum atomic E-state index is 6.14. The Hall–Kier alpha value is -1.98. The van der Waals surface area contributed by atoms with Gasteiger partial charge in [0.25, 0.3) is 0 Å². The molecule has 0 aliphatic carbocycles. The highest BCUT2D eigenvalue weighted by atomic mass is 15.3. The first-order chi connectivity index (χ1) is 8.50. The fraction of sp³-hybridized carbons (Fsp3) is 0.500. The van der Waals surface area contributed by atoms with E-state index in [9.17, 15) is 0 Å². The summed E-state index contributed by atoms with van der Waals surface area (Å²) in [4.78, 5) is 0. The number of hydrogen-bond donors (Lipinski definition) is 3. The summed E-state index contributed by atoms with van der Waals surface area (Å²) in [5.74, 6) is 1.17. The van der Waals surface area contributed by atoms with Crippen LogP contribution < -0.4 is 11.1 Å².